The molecule has 0 aliphatic carbocycles. The number of rotatable bonds is 7. The summed E-state index contributed by atoms with van der Waals surface area (Å²) in [5.74, 6) is -1.62. The lowest BCUT2D eigenvalue weighted by Gasteiger charge is -2.37. The molecule has 1 aliphatic rings. The maximum absolute atomic E-state index is 14.0. The third kappa shape index (κ3) is 5.36. The van der Waals surface area contributed by atoms with Gasteiger partial charge in [0.1, 0.15) is 6.04 Å². The number of aryl methyl sites for hydroxylation is 2. The molecular weight excluding hydrogens is 530 g/mol. The van der Waals surface area contributed by atoms with Crippen molar-refractivity contribution in [1.29, 1.82) is 0 Å². The lowest BCUT2D eigenvalue weighted by molar-refractivity contribution is -0.125. The molecule has 0 saturated carbocycles. The van der Waals surface area contributed by atoms with Crippen LogP contribution in [0, 0.1) is 13.8 Å². The number of amides is 2. The van der Waals surface area contributed by atoms with Gasteiger partial charge >= 0.3 is 5.97 Å². The van der Waals surface area contributed by atoms with E-state index in [4.69, 9.17) is 11.6 Å². The van der Waals surface area contributed by atoms with Gasteiger partial charge < -0.3 is 15.4 Å². The van der Waals surface area contributed by atoms with Crippen LogP contribution >= 0.6 is 11.6 Å². The summed E-state index contributed by atoms with van der Waals surface area (Å²) in [5.41, 5.74) is 2.65. The van der Waals surface area contributed by atoms with Gasteiger partial charge in [0, 0.05) is 11.6 Å². The van der Waals surface area contributed by atoms with Crippen molar-refractivity contribution >= 4 is 50.8 Å². The summed E-state index contributed by atoms with van der Waals surface area (Å²) in [6, 6.07) is 14.7. The van der Waals surface area contributed by atoms with E-state index in [1.165, 1.54) is 13.2 Å². The number of carbonyl (C=O) groups excluding carboxylic acids is 3. The molecule has 1 heterocycles. The van der Waals surface area contributed by atoms with Crippen LogP contribution in [-0.2, 0) is 30.9 Å². The van der Waals surface area contributed by atoms with Crippen LogP contribution in [0.2, 0.25) is 5.02 Å². The highest BCUT2D eigenvalue weighted by Gasteiger charge is 2.42. The number of carbonyl (C=O) groups is 3. The predicted octanol–water partition coefficient (Wildman–Crippen LogP) is 3.97. The predicted molar refractivity (Wildman–Crippen MR) is 144 cm³/mol. The zero-order valence-corrected chi connectivity index (χ0v) is 22.5. The normalized spacial score (nSPS) is 14.9. The lowest BCUT2D eigenvalue weighted by atomic mass is 10.1. The van der Waals surface area contributed by atoms with Gasteiger partial charge in [-0.1, -0.05) is 35.9 Å². The maximum Gasteiger partial charge on any atom is 0.337 e. The van der Waals surface area contributed by atoms with E-state index in [1.54, 1.807) is 68.4 Å². The van der Waals surface area contributed by atoms with Gasteiger partial charge in [0.15, 0.2) is 0 Å². The largest absolute Gasteiger partial charge is 0.465 e. The van der Waals surface area contributed by atoms with Crippen LogP contribution in [-0.4, -0.2) is 39.4 Å². The van der Waals surface area contributed by atoms with E-state index in [-0.39, 0.29) is 17.1 Å². The van der Waals surface area contributed by atoms with Crippen molar-refractivity contribution in [3.8, 4) is 0 Å². The number of anilines is 2. The van der Waals surface area contributed by atoms with Crippen LogP contribution < -0.4 is 14.9 Å². The number of para-hydroxylation sites is 2. The second-order valence-electron chi connectivity index (χ2n) is 8.86. The first-order chi connectivity index (χ1) is 18.0. The number of benzene rings is 3. The van der Waals surface area contributed by atoms with Crippen LogP contribution in [0.4, 0.5) is 11.4 Å². The summed E-state index contributed by atoms with van der Waals surface area (Å²) in [4.78, 5) is 37.7. The lowest BCUT2D eigenvalue weighted by Crippen LogP contribution is -2.52. The molecule has 1 atom stereocenters. The smallest absolute Gasteiger partial charge is 0.337 e. The zero-order valence-electron chi connectivity index (χ0n) is 20.9. The molecule has 0 radical (unpaired) electrons. The SMILES string of the molecule is COC(=O)c1ccc(CNC(=O)C[C@@H]2C(=O)Nc3ccccc3N2S(=O)(=O)c2cc(C)c(Cl)cc2C)cc1. The number of fused-ring (bicyclic) bond motifs is 1. The van der Waals surface area contributed by atoms with E-state index in [0.29, 0.717) is 33.0 Å². The number of methoxy groups -OCH3 is 1. The summed E-state index contributed by atoms with van der Waals surface area (Å²) in [6.45, 7) is 3.44. The number of hydrogen-bond donors (Lipinski definition) is 2. The number of nitrogens with one attached hydrogen (secondary N) is 2. The Morgan fingerprint density at radius 2 is 1.74 bits per heavy atom. The molecule has 11 heteroatoms. The van der Waals surface area contributed by atoms with Crippen molar-refractivity contribution < 1.29 is 27.5 Å². The van der Waals surface area contributed by atoms with Crippen molar-refractivity contribution in [1.82, 2.24) is 5.32 Å². The highest BCUT2D eigenvalue weighted by atomic mass is 35.5. The van der Waals surface area contributed by atoms with Crippen molar-refractivity contribution in [2.75, 3.05) is 16.7 Å². The molecule has 0 unspecified atom stereocenters. The van der Waals surface area contributed by atoms with E-state index in [1.807, 2.05) is 0 Å². The minimum atomic E-state index is -4.27. The standard InChI is InChI=1S/C27H26ClN3O6S/c1-16-13-24(17(2)12-20(16)28)38(35,36)31-22-7-5-4-6-21(22)30-26(33)23(31)14-25(32)29-15-18-8-10-19(11-9-18)27(34)37-3/h4-13,23H,14-15H2,1-3H3,(H,29,32)(H,30,33)/t23-/m1/s1. The van der Waals surface area contributed by atoms with Crippen LogP contribution in [0.5, 0.6) is 0 Å². The number of esters is 1. The molecule has 3 aromatic carbocycles. The van der Waals surface area contributed by atoms with Crippen molar-refractivity contribution in [3.63, 3.8) is 0 Å². The Balaban J connectivity index is 1.62. The van der Waals surface area contributed by atoms with Gasteiger partial charge in [0.25, 0.3) is 10.0 Å². The minimum Gasteiger partial charge on any atom is -0.465 e. The van der Waals surface area contributed by atoms with E-state index in [0.717, 1.165) is 4.31 Å². The molecule has 38 heavy (non-hydrogen) atoms. The second-order valence-corrected chi connectivity index (χ2v) is 11.0. The van der Waals surface area contributed by atoms with E-state index >= 15 is 0 Å². The molecule has 2 amide bonds. The van der Waals surface area contributed by atoms with Crippen LogP contribution in [0.25, 0.3) is 0 Å². The van der Waals surface area contributed by atoms with Crippen LogP contribution in [0.15, 0.2) is 65.6 Å². The summed E-state index contributed by atoms with van der Waals surface area (Å²) in [5, 5.41) is 5.85. The molecule has 0 bridgehead atoms. The summed E-state index contributed by atoms with van der Waals surface area (Å²) < 4.78 is 33.7. The topological polar surface area (TPSA) is 122 Å². The van der Waals surface area contributed by atoms with Gasteiger partial charge in [-0.25, -0.2) is 13.2 Å². The van der Waals surface area contributed by atoms with Gasteiger partial charge in [-0.2, -0.15) is 0 Å². The summed E-state index contributed by atoms with van der Waals surface area (Å²) in [7, 11) is -2.98. The van der Waals surface area contributed by atoms with Crippen LogP contribution in [0.1, 0.15) is 33.5 Å². The average Bonchev–Trinajstić information content (AvgIpc) is 2.89. The first kappa shape index (κ1) is 27.2. The third-order valence-corrected chi connectivity index (χ3v) is 8.59. The van der Waals surface area contributed by atoms with Crippen molar-refractivity contribution in [2.45, 2.75) is 37.8 Å². The maximum atomic E-state index is 14.0. The molecule has 0 spiro atoms. The third-order valence-electron chi connectivity index (χ3n) is 6.22. The summed E-state index contributed by atoms with van der Waals surface area (Å²) >= 11 is 6.19. The molecule has 1 aliphatic heterocycles. The molecular formula is C27H26ClN3O6S. The van der Waals surface area contributed by atoms with Gasteiger partial charge in [-0.15, -0.1) is 0 Å². The van der Waals surface area contributed by atoms with E-state index in [2.05, 4.69) is 15.4 Å². The van der Waals surface area contributed by atoms with Crippen LogP contribution in [0.3, 0.4) is 0 Å². The number of hydrogen-bond acceptors (Lipinski definition) is 6. The Kier molecular flexibility index (Phi) is 7.75. The van der Waals surface area contributed by atoms with E-state index < -0.39 is 40.3 Å². The molecule has 0 aromatic heterocycles. The molecule has 3 aromatic rings. The Bertz CT molecular complexity index is 1520. The molecule has 0 fully saturated rings. The Morgan fingerprint density at radius 3 is 2.42 bits per heavy atom. The van der Waals surface area contributed by atoms with Gasteiger partial charge in [0.2, 0.25) is 11.8 Å². The minimum absolute atomic E-state index is 0.00000647. The first-order valence-corrected chi connectivity index (χ1v) is 13.5. The number of halogens is 1. The number of ether oxygens (including phenoxy) is 1. The van der Waals surface area contributed by atoms with Gasteiger partial charge in [0.05, 0.1) is 35.4 Å². The number of sulfonamides is 1. The quantitative estimate of drug-likeness (QED) is 0.425. The fourth-order valence-electron chi connectivity index (χ4n) is 4.20. The van der Waals surface area contributed by atoms with Crippen molar-refractivity contribution in [2.24, 2.45) is 0 Å². The Morgan fingerprint density at radius 1 is 1.05 bits per heavy atom. The Hall–Kier alpha value is -3.89. The monoisotopic (exact) mass is 555 g/mol. The highest BCUT2D eigenvalue weighted by Crippen LogP contribution is 2.38. The van der Waals surface area contributed by atoms with E-state index in [9.17, 15) is 22.8 Å². The fourth-order valence-corrected chi connectivity index (χ4v) is 6.34. The molecule has 9 nitrogen and oxygen atoms in total. The molecule has 0 saturated heterocycles. The Labute approximate surface area is 225 Å². The zero-order chi connectivity index (χ0) is 27.6. The average molecular weight is 556 g/mol. The number of nitrogens with zero attached hydrogens (tertiary/aromatic N) is 1. The summed E-state index contributed by atoms with van der Waals surface area (Å²) in [6.07, 6.45) is -0.411. The molecule has 4 rings (SSSR count). The van der Waals surface area contributed by atoms with Crippen molar-refractivity contribution in [3.05, 3.63) is 87.9 Å². The van der Waals surface area contributed by atoms with Gasteiger partial charge in [-0.3, -0.25) is 13.9 Å². The molecule has 198 valence electrons. The second kappa shape index (κ2) is 10.8. The van der Waals surface area contributed by atoms with Gasteiger partial charge in [-0.05, 0) is 66.9 Å². The molecule has 2 N–H and O–H groups in total. The highest BCUT2D eigenvalue weighted by molar-refractivity contribution is 7.93. The fraction of sp³-hybridized carbons (Fsp3) is 0.222. The first-order valence-electron chi connectivity index (χ1n) is 11.7.